The molecule has 7 nitrogen and oxygen atoms in total. The highest BCUT2D eigenvalue weighted by molar-refractivity contribution is 8.04. The Kier molecular flexibility index (Phi) is 11.5. The number of hydrogen-bond donors (Lipinski definition) is 0. The molecule has 1 atom stereocenters. The van der Waals surface area contributed by atoms with Crippen LogP contribution in [0.2, 0.25) is 0 Å². The van der Waals surface area contributed by atoms with Gasteiger partial charge in [0.1, 0.15) is 6.54 Å². The lowest BCUT2D eigenvalue weighted by Gasteiger charge is -2.29. The molecule has 1 aliphatic carbocycles. The molecule has 60 heavy (non-hydrogen) atoms. The lowest BCUT2D eigenvalue weighted by molar-refractivity contribution is -0.141. The first-order chi connectivity index (χ1) is 29.5. The van der Waals surface area contributed by atoms with Gasteiger partial charge in [-0.25, -0.2) is 0 Å². The molecule has 9 rings (SSSR count). The highest BCUT2D eigenvalue weighted by atomic mass is 32.2. The lowest BCUT2D eigenvalue weighted by atomic mass is 10.1. The minimum absolute atomic E-state index is 0.0318. The van der Waals surface area contributed by atoms with Crippen LogP contribution in [0.1, 0.15) is 25.7 Å². The van der Waals surface area contributed by atoms with E-state index in [0.717, 1.165) is 52.1 Å². The van der Waals surface area contributed by atoms with Crippen LogP contribution in [0.4, 0.5) is 22.7 Å². The first-order valence-corrected chi connectivity index (χ1v) is 22.0. The van der Waals surface area contributed by atoms with E-state index in [4.69, 9.17) is 9.47 Å². The highest BCUT2D eigenvalue weighted by Gasteiger charge is 2.32. The van der Waals surface area contributed by atoms with Gasteiger partial charge in [0.2, 0.25) is 0 Å². The zero-order valence-corrected chi connectivity index (χ0v) is 35.3. The maximum absolute atomic E-state index is 12.8. The van der Waals surface area contributed by atoms with Crippen LogP contribution < -0.4 is 14.7 Å². The third kappa shape index (κ3) is 7.83. The number of allylic oxidation sites excluding steroid dienone is 5. The summed E-state index contributed by atoms with van der Waals surface area (Å²) in [5.74, 6) is -0.478. The molecule has 2 aliphatic heterocycles. The van der Waals surface area contributed by atoms with Gasteiger partial charge in [-0.2, -0.15) is 0 Å². The average Bonchev–Trinajstić information content (AvgIpc) is 3.98. The molecular formula is C51H45N3O4S2. The third-order valence-electron chi connectivity index (χ3n) is 11.3. The van der Waals surface area contributed by atoms with Gasteiger partial charge >= 0.3 is 11.9 Å². The normalized spacial score (nSPS) is 17.3. The Hall–Kier alpha value is -6.16. The first kappa shape index (κ1) is 39.3. The van der Waals surface area contributed by atoms with E-state index < -0.39 is 0 Å². The van der Waals surface area contributed by atoms with Crippen LogP contribution in [0.15, 0.2) is 189 Å². The Labute approximate surface area is 359 Å². The summed E-state index contributed by atoms with van der Waals surface area (Å²) in [6.07, 6.45) is 11.9. The molecule has 0 saturated carbocycles. The zero-order valence-electron chi connectivity index (χ0n) is 33.6. The van der Waals surface area contributed by atoms with Crippen molar-refractivity contribution < 1.29 is 19.1 Å². The van der Waals surface area contributed by atoms with Crippen molar-refractivity contribution in [3.8, 4) is 0 Å². The molecule has 6 aromatic rings. The molecule has 0 N–H and O–H groups in total. The van der Waals surface area contributed by atoms with Crippen LogP contribution in [-0.4, -0.2) is 44.6 Å². The van der Waals surface area contributed by atoms with E-state index in [-0.39, 0.29) is 23.9 Å². The minimum atomic E-state index is -0.289. The number of esters is 2. The highest BCUT2D eigenvalue weighted by Crippen LogP contribution is 2.51. The Morgan fingerprint density at radius 3 is 1.98 bits per heavy atom. The summed E-state index contributed by atoms with van der Waals surface area (Å²) in [6.45, 7) is 0.845. The number of carbonyl (C=O) groups excluding carboxylic acids is 2. The summed E-state index contributed by atoms with van der Waals surface area (Å²) in [5.41, 5.74) is 7.94. The van der Waals surface area contributed by atoms with Crippen molar-refractivity contribution in [1.82, 2.24) is 0 Å². The van der Waals surface area contributed by atoms with Crippen LogP contribution in [0.3, 0.4) is 0 Å². The van der Waals surface area contributed by atoms with E-state index >= 15 is 0 Å². The summed E-state index contributed by atoms with van der Waals surface area (Å²) < 4.78 is 10.2. The Bertz CT molecular complexity index is 2670. The Morgan fingerprint density at radius 1 is 0.700 bits per heavy atom. The number of ether oxygens (including phenoxy) is 2. The first-order valence-electron chi connectivity index (χ1n) is 20.3. The van der Waals surface area contributed by atoms with Crippen molar-refractivity contribution in [2.75, 3.05) is 42.0 Å². The number of fused-ring (bicyclic) bond motifs is 6. The van der Waals surface area contributed by atoms with Gasteiger partial charge in [-0.05, 0) is 94.4 Å². The maximum atomic E-state index is 12.8. The molecule has 1 unspecified atom stereocenters. The number of hydrogen-bond acceptors (Lipinski definition) is 9. The maximum Gasteiger partial charge on any atom is 0.325 e. The van der Waals surface area contributed by atoms with Crippen molar-refractivity contribution in [1.29, 1.82) is 0 Å². The van der Waals surface area contributed by atoms with Gasteiger partial charge in [0.15, 0.2) is 0 Å². The van der Waals surface area contributed by atoms with Crippen LogP contribution in [-0.2, 0) is 19.1 Å². The predicted molar refractivity (Wildman–Crippen MR) is 248 cm³/mol. The van der Waals surface area contributed by atoms with Crippen molar-refractivity contribution >= 4 is 79.8 Å². The smallest absolute Gasteiger partial charge is 0.325 e. The quantitative estimate of drug-likeness (QED) is 0.112. The molecule has 6 aromatic carbocycles. The van der Waals surface area contributed by atoms with Crippen molar-refractivity contribution in [2.45, 2.75) is 40.8 Å². The van der Waals surface area contributed by atoms with Crippen molar-refractivity contribution in [3.05, 3.63) is 180 Å². The number of benzene rings is 6. The molecule has 0 saturated heterocycles. The fraction of sp³-hybridized carbons (Fsp3) is 0.176. The van der Waals surface area contributed by atoms with Crippen molar-refractivity contribution in [3.63, 3.8) is 0 Å². The minimum Gasteiger partial charge on any atom is -0.469 e. The van der Waals surface area contributed by atoms with Crippen molar-refractivity contribution in [2.24, 2.45) is 0 Å². The molecular weight excluding hydrogens is 783 g/mol. The van der Waals surface area contributed by atoms with Gasteiger partial charge in [0.25, 0.3) is 0 Å². The summed E-state index contributed by atoms with van der Waals surface area (Å²) in [6, 6.07) is 46.8. The predicted octanol–water partition coefficient (Wildman–Crippen LogP) is 12.2. The third-order valence-corrected chi connectivity index (χ3v) is 13.8. The van der Waals surface area contributed by atoms with Gasteiger partial charge in [-0.1, -0.05) is 139 Å². The Balaban J connectivity index is 1.14. The summed E-state index contributed by atoms with van der Waals surface area (Å²) in [7, 11) is 2.89. The average molecular weight is 828 g/mol. The molecule has 0 fully saturated rings. The summed E-state index contributed by atoms with van der Waals surface area (Å²) in [4.78, 5) is 34.3. The number of anilines is 4. The molecule has 300 valence electrons. The standard InChI is InChI=1S/C51H45N3O4S2/c1-57-47(55)22-13-33-52-43-29-25-35-14-9-11-20-41(35)50(43)59-45(52)31-27-37-23-24-38(49(37)54(39-16-5-3-6-17-39)40-18-7-4-8-19-40)28-32-46-53(34-48(56)58-2)44-30-26-36-15-10-12-21-42(36)51(44)60-46/h3-12,14-21,25-32,45H,13,22-24,33-34H2,1-2H3. The van der Waals surface area contributed by atoms with Gasteiger partial charge in [0, 0.05) is 34.1 Å². The second-order valence-electron chi connectivity index (χ2n) is 14.9. The number of para-hydroxylation sites is 2. The molecule has 2 heterocycles. The second kappa shape index (κ2) is 17.6. The van der Waals surface area contributed by atoms with Crippen LogP contribution >= 0.6 is 23.5 Å². The SMILES string of the molecule is COC(=O)CCCN1c2ccc3ccccc3c2SC1C=CC1=C(N(c2ccccc2)c2ccccc2)C(=CC=C2Sc3c(ccc4ccccc34)N2CC(=O)OC)CC1. The molecule has 9 heteroatoms. The molecule has 0 amide bonds. The number of methoxy groups -OCH3 is 2. The second-order valence-corrected chi connectivity index (χ2v) is 17.0. The number of thioether (sulfide) groups is 2. The molecule has 0 aromatic heterocycles. The van der Waals surface area contributed by atoms with E-state index in [1.807, 2.05) is 11.8 Å². The molecule has 0 spiro atoms. The topological polar surface area (TPSA) is 62.3 Å². The number of carbonyl (C=O) groups is 2. The monoisotopic (exact) mass is 827 g/mol. The molecule has 3 aliphatic rings. The van der Waals surface area contributed by atoms with Gasteiger partial charge < -0.3 is 24.2 Å². The van der Waals surface area contributed by atoms with Crippen LogP contribution in [0.25, 0.3) is 21.5 Å². The Morgan fingerprint density at radius 2 is 1.32 bits per heavy atom. The number of nitrogens with zero attached hydrogens (tertiary/aromatic N) is 3. The van der Waals surface area contributed by atoms with Crippen LogP contribution in [0, 0.1) is 0 Å². The van der Waals surface area contributed by atoms with E-state index in [1.54, 1.807) is 11.8 Å². The number of rotatable bonds is 12. The molecule has 0 bridgehead atoms. The lowest BCUT2D eigenvalue weighted by Crippen LogP contribution is -2.29. The summed E-state index contributed by atoms with van der Waals surface area (Å²) >= 11 is 3.57. The van der Waals surface area contributed by atoms with Gasteiger partial charge in [0.05, 0.1) is 41.7 Å². The molecule has 0 radical (unpaired) electrons. The largest absolute Gasteiger partial charge is 0.469 e. The fourth-order valence-corrected chi connectivity index (χ4v) is 10.9. The van der Waals surface area contributed by atoms with Gasteiger partial charge in [-0.3, -0.25) is 9.59 Å². The van der Waals surface area contributed by atoms with E-state index in [1.165, 1.54) is 57.5 Å². The van der Waals surface area contributed by atoms with Gasteiger partial charge in [-0.15, -0.1) is 0 Å². The van der Waals surface area contributed by atoms with Crippen LogP contribution in [0.5, 0.6) is 0 Å². The fourth-order valence-electron chi connectivity index (χ4n) is 8.36. The van der Waals surface area contributed by atoms with E-state index in [2.05, 4.69) is 172 Å². The van der Waals surface area contributed by atoms with E-state index in [9.17, 15) is 9.59 Å². The summed E-state index contributed by atoms with van der Waals surface area (Å²) in [5, 5.41) is 5.80. The zero-order chi connectivity index (χ0) is 41.0. The van der Waals surface area contributed by atoms with E-state index in [0.29, 0.717) is 12.8 Å².